The molecule has 0 bridgehead atoms. The lowest BCUT2D eigenvalue weighted by atomic mass is 9.76. The first-order valence-corrected chi connectivity index (χ1v) is 7.27. The average molecular weight is 281 g/mol. The van der Waals surface area contributed by atoms with E-state index >= 15 is 0 Å². The molecule has 1 aliphatic rings. The van der Waals surface area contributed by atoms with Crippen molar-refractivity contribution in [2.24, 2.45) is 0 Å². The van der Waals surface area contributed by atoms with Crippen molar-refractivity contribution in [3.8, 4) is 0 Å². The van der Waals surface area contributed by atoms with Gasteiger partial charge in [-0.25, -0.2) is 0 Å². The number of aryl methyl sites for hydroxylation is 1. The predicted molar refractivity (Wildman–Crippen MR) is 74.1 cm³/mol. The molecule has 1 aromatic rings. The molecule has 1 aromatic carbocycles. The number of hydrogen-bond acceptors (Lipinski definition) is 4. The van der Waals surface area contributed by atoms with Gasteiger partial charge in [0.1, 0.15) is 0 Å². The summed E-state index contributed by atoms with van der Waals surface area (Å²) in [7, 11) is -0.459. The van der Waals surface area contributed by atoms with Crippen LogP contribution < -0.4 is 5.46 Å². The zero-order valence-corrected chi connectivity index (χ0v) is 12.7. The predicted octanol–water partition coefficient (Wildman–Crippen LogP) is 1.53. The normalized spacial score (nSPS) is 22.5. The summed E-state index contributed by atoms with van der Waals surface area (Å²) in [5.74, 6) is 0. The molecule has 1 heterocycles. The van der Waals surface area contributed by atoms with Gasteiger partial charge in [-0.05, 0) is 63.3 Å². The molecular weight excluding hydrogens is 263 g/mol. The summed E-state index contributed by atoms with van der Waals surface area (Å²) < 4.78 is 33.8. The van der Waals surface area contributed by atoms with Gasteiger partial charge in [0, 0.05) is 4.90 Å². The van der Waals surface area contributed by atoms with E-state index in [1.807, 2.05) is 34.6 Å². The largest absolute Gasteiger partial charge is 0.768 e. The van der Waals surface area contributed by atoms with Crippen LogP contribution in [-0.4, -0.2) is 27.1 Å². The molecule has 0 spiro atoms. The van der Waals surface area contributed by atoms with Crippen molar-refractivity contribution < 1.29 is 18.1 Å². The van der Waals surface area contributed by atoms with Crippen molar-refractivity contribution in [1.29, 1.82) is 0 Å². The molecule has 1 unspecified atom stereocenters. The molecule has 0 amide bonds. The topological polar surface area (TPSA) is 58.6 Å². The molecule has 0 saturated carbocycles. The van der Waals surface area contributed by atoms with E-state index in [2.05, 4.69) is 0 Å². The van der Waals surface area contributed by atoms with Gasteiger partial charge < -0.3 is 13.9 Å². The van der Waals surface area contributed by atoms with E-state index in [0.717, 1.165) is 11.0 Å². The number of hydrogen-bond donors (Lipinski definition) is 0. The first-order chi connectivity index (χ1) is 8.64. The van der Waals surface area contributed by atoms with Gasteiger partial charge in [0.05, 0.1) is 11.2 Å². The van der Waals surface area contributed by atoms with E-state index in [9.17, 15) is 8.76 Å². The van der Waals surface area contributed by atoms with Crippen molar-refractivity contribution in [2.45, 2.75) is 50.7 Å². The quantitative estimate of drug-likeness (QED) is 0.609. The Morgan fingerprint density at radius 2 is 1.68 bits per heavy atom. The highest BCUT2D eigenvalue weighted by Crippen LogP contribution is 2.36. The molecule has 1 aliphatic heterocycles. The van der Waals surface area contributed by atoms with E-state index in [4.69, 9.17) is 9.31 Å². The zero-order chi connectivity index (χ0) is 14.4. The molecule has 4 nitrogen and oxygen atoms in total. The van der Waals surface area contributed by atoms with Crippen LogP contribution in [0.25, 0.3) is 0 Å². The summed E-state index contributed by atoms with van der Waals surface area (Å²) >= 11 is -2.21. The minimum Gasteiger partial charge on any atom is -0.768 e. The maximum atomic E-state index is 10.9. The summed E-state index contributed by atoms with van der Waals surface area (Å²) in [6.45, 7) is 9.82. The van der Waals surface area contributed by atoms with Crippen LogP contribution >= 0.6 is 0 Å². The van der Waals surface area contributed by atoms with E-state index in [1.54, 1.807) is 18.2 Å². The first kappa shape index (κ1) is 14.7. The summed E-state index contributed by atoms with van der Waals surface area (Å²) in [6, 6.07) is 4.95. The second kappa shape index (κ2) is 4.70. The monoisotopic (exact) mass is 281 g/mol. The third kappa shape index (κ3) is 2.63. The van der Waals surface area contributed by atoms with Crippen LogP contribution in [0.5, 0.6) is 0 Å². The molecule has 0 aromatic heterocycles. The van der Waals surface area contributed by atoms with Gasteiger partial charge in [-0.3, -0.25) is 4.21 Å². The van der Waals surface area contributed by atoms with Gasteiger partial charge >= 0.3 is 7.12 Å². The van der Waals surface area contributed by atoms with Gasteiger partial charge in [-0.2, -0.15) is 0 Å². The molecule has 104 valence electrons. The third-order valence-corrected chi connectivity index (χ3v) is 4.58. The van der Waals surface area contributed by atoms with Crippen molar-refractivity contribution in [3.05, 3.63) is 23.8 Å². The minimum atomic E-state index is -2.21. The van der Waals surface area contributed by atoms with E-state index < -0.39 is 29.4 Å². The lowest BCUT2D eigenvalue weighted by Crippen LogP contribution is -2.41. The Morgan fingerprint density at radius 1 is 1.16 bits per heavy atom. The molecular formula is C13H18BO4S-. The van der Waals surface area contributed by atoms with Crippen molar-refractivity contribution in [1.82, 2.24) is 0 Å². The van der Waals surface area contributed by atoms with Crippen LogP contribution in [0.1, 0.15) is 33.3 Å². The molecule has 0 N–H and O–H groups in total. The molecule has 1 saturated heterocycles. The molecule has 19 heavy (non-hydrogen) atoms. The Balaban J connectivity index is 2.33. The average Bonchev–Trinajstić information content (AvgIpc) is 2.47. The Hall–Kier alpha value is -0.685. The van der Waals surface area contributed by atoms with Gasteiger partial charge in [-0.1, -0.05) is 11.6 Å². The van der Waals surface area contributed by atoms with Crippen molar-refractivity contribution in [3.63, 3.8) is 0 Å². The van der Waals surface area contributed by atoms with E-state index in [0.29, 0.717) is 0 Å². The standard InChI is InChI=1S/C13H19BO4S/c1-9-8-10(19(15)16)6-7-11(9)14-17-12(2,3)13(4,5)18-14/h6-8H,1-5H3,(H,15,16)/p-1. The summed E-state index contributed by atoms with van der Waals surface area (Å²) in [5, 5.41) is 0. The van der Waals surface area contributed by atoms with Crippen LogP contribution in [0, 0.1) is 6.92 Å². The van der Waals surface area contributed by atoms with Crippen LogP contribution in [0.4, 0.5) is 0 Å². The fourth-order valence-corrected chi connectivity index (χ4v) is 2.44. The second-order valence-corrected chi connectivity index (χ2v) is 6.78. The third-order valence-electron chi connectivity index (χ3n) is 3.94. The van der Waals surface area contributed by atoms with Crippen molar-refractivity contribution >= 4 is 23.7 Å². The molecule has 6 heteroatoms. The van der Waals surface area contributed by atoms with Gasteiger partial charge in [0.2, 0.25) is 0 Å². The smallest absolute Gasteiger partial charge is 0.495 e. The van der Waals surface area contributed by atoms with E-state index in [1.165, 1.54) is 0 Å². The lowest BCUT2D eigenvalue weighted by Gasteiger charge is -2.32. The number of rotatable bonds is 2. The van der Waals surface area contributed by atoms with Gasteiger partial charge in [-0.15, -0.1) is 0 Å². The highest BCUT2D eigenvalue weighted by molar-refractivity contribution is 7.79. The van der Waals surface area contributed by atoms with Crippen LogP contribution in [-0.2, 0) is 20.4 Å². The fourth-order valence-electron chi connectivity index (χ4n) is 1.99. The summed E-state index contributed by atoms with van der Waals surface area (Å²) in [5.41, 5.74) is 0.918. The van der Waals surface area contributed by atoms with Gasteiger partial charge in [0.15, 0.2) is 0 Å². The number of benzene rings is 1. The van der Waals surface area contributed by atoms with Crippen molar-refractivity contribution in [2.75, 3.05) is 0 Å². The zero-order valence-electron chi connectivity index (χ0n) is 11.9. The fraction of sp³-hybridized carbons (Fsp3) is 0.538. The molecule has 0 aliphatic carbocycles. The maximum Gasteiger partial charge on any atom is 0.495 e. The van der Waals surface area contributed by atoms with Crippen LogP contribution in [0.15, 0.2) is 23.1 Å². The highest BCUT2D eigenvalue weighted by atomic mass is 32.2. The molecule has 1 fully saturated rings. The summed E-state index contributed by atoms with van der Waals surface area (Å²) in [6.07, 6.45) is 0. The first-order valence-electron chi connectivity index (χ1n) is 6.19. The Morgan fingerprint density at radius 3 is 2.11 bits per heavy atom. The maximum absolute atomic E-state index is 10.9. The lowest BCUT2D eigenvalue weighted by molar-refractivity contribution is 0.00578. The Bertz CT molecular complexity index is 511. The molecule has 2 rings (SSSR count). The van der Waals surface area contributed by atoms with Gasteiger partial charge in [0.25, 0.3) is 0 Å². The molecule has 0 radical (unpaired) electrons. The molecule has 1 atom stereocenters. The van der Waals surface area contributed by atoms with Crippen LogP contribution in [0.3, 0.4) is 0 Å². The SMILES string of the molecule is Cc1cc(S(=O)[O-])ccc1B1OC(C)(C)C(C)(C)O1. The minimum absolute atomic E-state index is 0.276. The highest BCUT2D eigenvalue weighted by Gasteiger charge is 2.51. The Labute approximate surface area is 116 Å². The van der Waals surface area contributed by atoms with E-state index in [-0.39, 0.29) is 4.90 Å². The Kier molecular flexibility index (Phi) is 3.64. The summed E-state index contributed by atoms with van der Waals surface area (Å²) in [4.78, 5) is 0.276. The van der Waals surface area contributed by atoms with Crippen LogP contribution in [0.2, 0.25) is 0 Å². The second-order valence-electron chi connectivity index (χ2n) is 5.84.